The van der Waals surface area contributed by atoms with E-state index in [9.17, 15) is 8.78 Å². The Balaban J connectivity index is 2.49. The van der Waals surface area contributed by atoms with E-state index in [2.05, 4.69) is 0 Å². The van der Waals surface area contributed by atoms with E-state index in [-0.39, 0.29) is 11.1 Å². The molecule has 0 saturated carbocycles. The first-order chi connectivity index (χ1) is 8.90. The van der Waals surface area contributed by atoms with Gasteiger partial charge in [0.05, 0.1) is 6.04 Å². The molecule has 2 rings (SSSR count). The predicted octanol–water partition coefficient (Wildman–Crippen LogP) is 4.63. The second kappa shape index (κ2) is 5.45. The largest absolute Gasteiger partial charge is 0.320 e. The zero-order chi connectivity index (χ0) is 14.2. The summed E-state index contributed by atoms with van der Waals surface area (Å²) >= 11 is 11.8. The molecule has 19 heavy (non-hydrogen) atoms. The molecule has 2 aromatic rings. The monoisotopic (exact) mass is 301 g/mol. The highest BCUT2D eigenvalue weighted by atomic mass is 35.5. The molecule has 0 aliphatic heterocycles. The molecule has 0 radical (unpaired) electrons. The Labute approximate surface area is 119 Å². The maximum absolute atomic E-state index is 13.9. The Kier molecular flexibility index (Phi) is 4.09. The molecule has 2 aromatic carbocycles. The average Bonchev–Trinajstić information content (AvgIpc) is 2.33. The lowest BCUT2D eigenvalue weighted by Gasteiger charge is -2.16. The van der Waals surface area contributed by atoms with Crippen LogP contribution in [-0.4, -0.2) is 0 Å². The van der Waals surface area contributed by atoms with E-state index in [4.69, 9.17) is 28.9 Å². The third-order valence-corrected chi connectivity index (χ3v) is 3.47. The van der Waals surface area contributed by atoms with Crippen LogP contribution < -0.4 is 5.73 Å². The molecule has 5 heteroatoms. The molecular weight excluding hydrogens is 291 g/mol. The van der Waals surface area contributed by atoms with Crippen molar-refractivity contribution in [3.63, 3.8) is 0 Å². The van der Waals surface area contributed by atoms with Gasteiger partial charge in [0.25, 0.3) is 0 Å². The quantitative estimate of drug-likeness (QED) is 0.860. The summed E-state index contributed by atoms with van der Waals surface area (Å²) in [5, 5.41) is 0.775. The minimum absolute atomic E-state index is 0.0623. The molecule has 1 nitrogen and oxygen atoms in total. The number of nitrogens with two attached hydrogens (primary N) is 1. The van der Waals surface area contributed by atoms with Gasteiger partial charge in [-0.1, -0.05) is 29.3 Å². The van der Waals surface area contributed by atoms with E-state index in [1.54, 1.807) is 12.1 Å². The molecule has 0 spiro atoms. The number of halogens is 4. The van der Waals surface area contributed by atoms with Gasteiger partial charge in [-0.3, -0.25) is 0 Å². The number of rotatable bonds is 2. The Morgan fingerprint density at radius 2 is 1.68 bits per heavy atom. The molecule has 0 aliphatic carbocycles. The molecular formula is C14H11Cl2F2N. The van der Waals surface area contributed by atoms with Gasteiger partial charge in [0, 0.05) is 15.6 Å². The highest BCUT2D eigenvalue weighted by molar-refractivity contribution is 6.35. The van der Waals surface area contributed by atoms with Crippen molar-refractivity contribution in [3.05, 3.63) is 68.7 Å². The van der Waals surface area contributed by atoms with Crippen LogP contribution in [0.4, 0.5) is 8.78 Å². The summed E-state index contributed by atoms with van der Waals surface area (Å²) in [6.07, 6.45) is 0. The minimum atomic E-state index is -0.847. The van der Waals surface area contributed by atoms with E-state index in [1.807, 2.05) is 0 Å². The van der Waals surface area contributed by atoms with E-state index in [0.717, 1.165) is 12.1 Å². The number of hydrogen-bond donors (Lipinski definition) is 1. The van der Waals surface area contributed by atoms with Crippen molar-refractivity contribution in [3.8, 4) is 0 Å². The van der Waals surface area contributed by atoms with Crippen LogP contribution in [0.25, 0.3) is 0 Å². The second-order valence-corrected chi connectivity index (χ2v) is 5.11. The fraction of sp³-hybridized carbons (Fsp3) is 0.143. The molecule has 100 valence electrons. The van der Waals surface area contributed by atoms with Crippen LogP contribution in [0.1, 0.15) is 22.7 Å². The predicted molar refractivity (Wildman–Crippen MR) is 73.6 cm³/mol. The van der Waals surface area contributed by atoms with Gasteiger partial charge in [-0.15, -0.1) is 0 Å². The minimum Gasteiger partial charge on any atom is -0.320 e. The van der Waals surface area contributed by atoms with Gasteiger partial charge in [0.15, 0.2) is 0 Å². The first-order valence-electron chi connectivity index (χ1n) is 5.56. The third kappa shape index (κ3) is 2.89. The van der Waals surface area contributed by atoms with Crippen molar-refractivity contribution in [2.75, 3.05) is 0 Å². The molecule has 1 atom stereocenters. The maximum Gasteiger partial charge on any atom is 0.128 e. The standard InChI is InChI=1S/C14H11Cl2F2N/c1-7-4-13(18)10(6-12(7)17)14(19)9-3-2-8(15)5-11(9)16/h2-6,14H,19H2,1H3. The van der Waals surface area contributed by atoms with Crippen LogP contribution in [0.2, 0.25) is 10.0 Å². The van der Waals surface area contributed by atoms with Crippen LogP contribution in [0.3, 0.4) is 0 Å². The number of benzene rings is 2. The van der Waals surface area contributed by atoms with Gasteiger partial charge in [-0.25, -0.2) is 8.78 Å². The SMILES string of the molecule is Cc1cc(F)c(C(N)c2ccc(Cl)cc2Cl)cc1F. The Hall–Kier alpha value is -1.16. The van der Waals surface area contributed by atoms with Crippen molar-refractivity contribution >= 4 is 23.2 Å². The van der Waals surface area contributed by atoms with Gasteiger partial charge in [-0.2, -0.15) is 0 Å². The topological polar surface area (TPSA) is 26.0 Å². The van der Waals surface area contributed by atoms with Crippen molar-refractivity contribution in [1.29, 1.82) is 0 Å². The molecule has 0 aliphatic rings. The number of aryl methyl sites for hydroxylation is 1. The van der Waals surface area contributed by atoms with E-state index in [0.29, 0.717) is 15.6 Å². The summed E-state index contributed by atoms with van der Waals surface area (Å²) in [6, 6.07) is 6.09. The summed E-state index contributed by atoms with van der Waals surface area (Å²) in [4.78, 5) is 0. The molecule has 0 amide bonds. The summed E-state index contributed by atoms with van der Waals surface area (Å²) in [5.41, 5.74) is 6.74. The molecule has 0 bridgehead atoms. The van der Waals surface area contributed by atoms with Crippen LogP contribution in [0, 0.1) is 18.6 Å². The summed E-state index contributed by atoms with van der Waals surface area (Å²) in [5.74, 6) is -1.06. The number of hydrogen-bond acceptors (Lipinski definition) is 1. The first-order valence-corrected chi connectivity index (χ1v) is 6.32. The van der Waals surface area contributed by atoms with E-state index in [1.165, 1.54) is 13.0 Å². The Morgan fingerprint density at radius 3 is 2.32 bits per heavy atom. The molecule has 0 aromatic heterocycles. The summed E-state index contributed by atoms with van der Waals surface area (Å²) in [7, 11) is 0. The fourth-order valence-electron chi connectivity index (χ4n) is 1.82. The van der Waals surface area contributed by atoms with Gasteiger partial charge in [-0.05, 0) is 42.3 Å². The van der Waals surface area contributed by atoms with E-state index < -0.39 is 17.7 Å². The summed E-state index contributed by atoms with van der Waals surface area (Å²) < 4.78 is 27.4. The van der Waals surface area contributed by atoms with Crippen molar-refractivity contribution in [2.45, 2.75) is 13.0 Å². The van der Waals surface area contributed by atoms with Gasteiger partial charge in [0.2, 0.25) is 0 Å². The Bertz CT molecular complexity index is 629. The fourth-order valence-corrected chi connectivity index (χ4v) is 2.35. The lowest BCUT2D eigenvalue weighted by molar-refractivity contribution is 0.571. The van der Waals surface area contributed by atoms with Gasteiger partial charge >= 0.3 is 0 Å². The molecule has 0 heterocycles. The van der Waals surface area contributed by atoms with Crippen LogP contribution in [0.5, 0.6) is 0 Å². The molecule has 2 N–H and O–H groups in total. The maximum atomic E-state index is 13.9. The zero-order valence-electron chi connectivity index (χ0n) is 10.1. The smallest absolute Gasteiger partial charge is 0.128 e. The lowest BCUT2D eigenvalue weighted by atomic mass is 9.98. The Morgan fingerprint density at radius 1 is 1.00 bits per heavy atom. The normalized spacial score (nSPS) is 12.5. The van der Waals surface area contributed by atoms with Crippen molar-refractivity contribution in [2.24, 2.45) is 5.73 Å². The lowest BCUT2D eigenvalue weighted by Crippen LogP contribution is -2.15. The van der Waals surface area contributed by atoms with Gasteiger partial charge in [0.1, 0.15) is 11.6 Å². The van der Waals surface area contributed by atoms with Crippen LogP contribution in [-0.2, 0) is 0 Å². The second-order valence-electron chi connectivity index (χ2n) is 4.27. The van der Waals surface area contributed by atoms with Gasteiger partial charge < -0.3 is 5.73 Å². The van der Waals surface area contributed by atoms with Crippen LogP contribution in [0.15, 0.2) is 30.3 Å². The molecule has 0 saturated heterocycles. The highest BCUT2D eigenvalue weighted by Gasteiger charge is 2.18. The zero-order valence-corrected chi connectivity index (χ0v) is 11.6. The molecule has 1 unspecified atom stereocenters. The summed E-state index contributed by atoms with van der Waals surface area (Å²) in [6.45, 7) is 1.49. The van der Waals surface area contributed by atoms with E-state index >= 15 is 0 Å². The van der Waals surface area contributed by atoms with Crippen LogP contribution >= 0.6 is 23.2 Å². The van der Waals surface area contributed by atoms with Crippen molar-refractivity contribution < 1.29 is 8.78 Å². The average molecular weight is 302 g/mol. The third-order valence-electron chi connectivity index (χ3n) is 2.91. The first kappa shape index (κ1) is 14.3. The highest BCUT2D eigenvalue weighted by Crippen LogP contribution is 2.30. The van der Waals surface area contributed by atoms with Crippen molar-refractivity contribution in [1.82, 2.24) is 0 Å². The molecule has 0 fully saturated rings.